The molecule has 2 rings (SSSR count). The van der Waals surface area contributed by atoms with E-state index in [4.69, 9.17) is 11.6 Å². The molecule has 0 aliphatic rings. The minimum atomic E-state index is -0.246. The molecule has 2 aromatic rings. The number of anilines is 1. The summed E-state index contributed by atoms with van der Waals surface area (Å²) in [5.41, 5.74) is 2.44. The van der Waals surface area contributed by atoms with Gasteiger partial charge in [0, 0.05) is 31.9 Å². The molecule has 4 heteroatoms. The van der Waals surface area contributed by atoms with E-state index >= 15 is 0 Å². The van der Waals surface area contributed by atoms with Crippen LogP contribution < -0.4 is 4.90 Å². The van der Waals surface area contributed by atoms with Gasteiger partial charge in [0.05, 0.1) is 5.69 Å². The summed E-state index contributed by atoms with van der Waals surface area (Å²) in [6.45, 7) is 0.618. The van der Waals surface area contributed by atoms with E-state index in [-0.39, 0.29) is 5.82 Å². The Labute approximate surface area is 111 Å². The summed E-state index contributed by atoms with van der Waals surface area (Å²) in [4.78, 5) is 5.83. The molecular formula is C14H14ClFN2. The first-order chi connectivity index (χ1) is 8.72. The molecule has 0 aliphatic carbocycles. The standard InChI is InChI=1S/C14H14ClFN2/c1-18(10-11-5-7-17-8-6-11)14-12(9-15)3-2-4-13(14)16/h2-8H,9-10H2,1H3. The van der Waals surface area contributed by atoms with E-state index in [9.17, 15) is 4.39 Å². The normalized spacial score (nSPS) is 10.4. The van der Waals surface area contributed by atoms with Crippen LogP contribution in [0.25, 0.3) is 0 Å². The summed E-state index contributed by atoms with van der Waals surface area (Å²) < 4.78 is 13.9. The maximum Gasteiger partial charge on any atom is 0.146 e. The molecule has 0 radical (unpaired) electrons. The van der Waals surface area contributed by atoms with Crippen LogP contribution in [-0.2, 0) is 12.4 Å². The van der Waals surface area contributed by atoms with E-state index in [1.54, 1.807) is 18.5 Å². The van der Waals surface area contributed by atoms with Crippen LogP contribution in [0.3, 0.4) is 0 Å². The fourth-order valence-corrected chi connectivity index (χ4v) is 2.15. The third-order valence-corrected chi connectivity index (χ3v) is 3.05. The Morgan fingerprint density at radius 3 is 2.61 bits per heavy atom. The molecule has 0 N–H and O–H groups in total. The summed E-state index contributed by atoms with van der Waals surface area (Å²) in [7, 11) is 1.86. The molecule has 0 spiro atoms. The molecule has 0 saturated carbocycles. The lowest BCUT2D eigenvalue weighted by Crippen LogP contribution is -2.19. The van der Waals surface area contributed by atoms with Gasteiger partial charge >= 0.3 is 0 Å². The minimum absolute atomic E-state index is 0.246. The highest BCUT2D eigenvalue weighted by atomic mass is 35.5. The van der Waals surface area contributed by atoms with Crippen molar-refractivity contribution in [2.45, 2.75) is 12.4 Å². The summed E-state index contributed by atoms with van der Waals surface area (Å²) in [6.07, 6.45) is 3.46. The Hall–Kier alpha value is -1.61. The minimum Gasteiger partial charge on any atom is -0.368 e. The fourth-order valence-electron chi connectivity index (χ4n) is 1.94. The molecule has 0 bridgehead atoms. The number of benzene rings is 1. The van der Waals surface area contributed by atoms with E-state index in [0.29, 0.717) is 18.1 Å². The van der Waals surface area contributed by atoms with Crippen molar-refractivity contribution in [1.29, 1.82) is 0 Å². The lowest BCUT2D eigenvalue weighted by molar-refractivity contribution is 0.620. The highest BCUT2D eigenvalue weighted by Crippen LogP contribution is 2.26. The zero-order valence-electron chi connectivity index (χ0n) is 10.1. The monoisotopic (exact) mass is 264 g/mol. The number of rotatable bonds is 4. The maximum absolute atomic E-state index is 13.9. The molecule has 94 valence electrons. The van der Waals surface area contributed by atoms with E-state index in [0.717, 1.165) is 11.1 Å². The zero-order valence-corrected chi connectivity index (χ0v) is 10.9. The van der Waals surface area contributed by atoms with Crippen molar-refractivity contribution in [3.63, 3.8) is 0 Å². The van der Waals surface area contributed by atoms with Gasteiger partial charge in [-0.15, -0.1) is 11.6 Å². The van der Waals surface area contributed by atoms with E-state index in [1.165, 1.54) is 6.07 Å². The second-order valence-corrected chi connectivity index (χ2v) is 4.36. The number of pyridine rings is 1. The molecule has 2 nitrogen and oxygen atoms in total. The second-order valence-electron chi connectivity index (χ2n) is 4.09. The first kappa shape index (κ1) is 12.8. The number of halogens is 2. The number of para-hydroxylation sites is 1. The lowest BCUT2D eigenvalue weighted by Gasteiger charge is -2.22. The SMILES string of the molecule is CN(Cc1ccncc1)c1c(F)cccc1CCl. The average molecular weight is 265 g/mol. The van der Waals surface area contributed by atoms with E-state index in [2.05, 4.69) is 4.98 Å². The predicted molar refractivity (Wildman–Crippen MR) is 72.3 cm³/mol. The van der Waals surface area contributed by atoms with Crippen LogP contribution in [0.4, 0.5) is 10.1 Å². The number of hydrogen-bond donors (Lipinski definition) is 0. The van der Waals surface area contributed by atoms with Gasteiger partial charge in [0.1, 0.15) is 5.82 Å². The van der Waals surface area contributed by atoms with Crippen molar-refractivity contribution in [3.8, 4) is 0 Å². The van der Waals surface area contributed by atoms with E-state index < -0.39 is 0 Å². The predicted octanol–water partition coefficient (Wildman–Crippen LogP) is 3.60. The molecule has 0 amide bonds. The Kier molecular flexibility index (Phi) is 4.15. The quantitative estimate of drug-likeness (QED) is 0.785. The third kappa shape index (κ3) is 2.79. The topological polar surface area (TPSA) is 16.1 Å². The van der Waals surface area contributed by atoms with Gasteiger partial charge in [-0.25, -0.2) is 4.39 Å². The van der Waals surface area contributed by atoms with Gasteiger partial charge in [-0.05, 0) is 29.3 Å². The third-order valence-electron chi connectivity index (χ3n) is 2.77. The van der Waals surface area contributed by atoms with Crippen molar-refractivity contribution in [1.82, 2.24) is 4.98 Å². The Balaban J connectivity index is 2.26. The highest BCUT2D eigenvalue weighted by Gasteiger charge is 2.12. The number of aromatic nitrogens is 1. The molecule has 0 atom stereocenters. The van der Waals surface area contributed by atoms with Crippen LogP contribution in [0.5, 0.6) is 0 Å². The van der Waals surface area contributed by atoms with Gasteiger partial charge in [0.25, 0.3) is 0 Å². The van der Waals surface area contributed by atoms with Crippen LogP contribution in [0.1, 0.15) is 11.1 Å². The van der Waals surface area contributed by atoms with Crippen LogP contribution in [0.15, 0.2) is 42.7 Å². The number of hydrogen-bond acceptors (Lipinski definition) is 2. The van der Waals surface area contributed by atoms with Gasteiger partial charge in [0.15, 0.2) is 0 Å². The van der Waals surface area contributed by atoms with Gasteiger partial charge in [-0.1, -0.05) is 12.1 Å². The molecule has 0 aliphatic heterocycles. The van der Waals surface area contributed by atoms with Crippen molar-refractivity contribution >= 4 is 17.3 Å². The molecule has 0 fully saturated rings. The molecule has 0 unspecified atom stereocenters. The molecule has 1 heterocycles. The number of alkyl halides is 1. The summed E-state index contributed by atoms with van der Waals surface area (Å²) in [5.74, 6) is 0.0537. The van der Waals surface area contributed by atoms with Gasteiger partial charge in [0.2, 0.25) is 0 Å². The Bertz CT molecular complexity index is 516. The van der Waals surface area contributed by atoms with Crippen molar-refractivity contribution in [3.05, 3.63) is 59.7 Å². The largest absolute Gasteiger partial charge is 0.368 e. The molecule has 1 aromatic heterocycles. The van der Waals surface area contributed by atoms with E-state index in [1.807, 2.05) is 30.1 Å². The maximum atomic E-state index is 13.9. The summed E-state index contributed by atoms with van der Waals surface area (Å²) >= 11 is 5.85. The van der Waals surface area contributed by atoms with Crippen molar-refractivity contribution < 1.29 is 4.39 Å². The first-order valence-electron chi connectivity index (χ1n) is 5.65. The van der Waals surface area contributed by atoms with Gasteiger partial charge in [-0.2, -0.15) is 0 Å². The van der Waals surface area contributed by atoms with Crippen LogP contribution in [0.2, 0.25) is 0 Å². The Morgan fingerprint density at radius 2 is 1.94 bits per heavy atom. The van der Waals surface area contributed by atoms with Crippen molar-refractivity contribution in [2.24, 2.45) is 0 Å². The fraction of sp³-hybridized carbons (Fsp3) is 0.214. The zero-order chi connectivity index (χ0) is 13.0. The molecule has 18 heavy (non-hydrogen) atoms. The lowest BCUT2D eigenvalue weighted by atomic mass is 10.1. The summed E-state index contributed by atoms with van der Waals surface area (Å²) in [6, 6.07) is 8.80. The Morgan fingerprint density at radius 1 is 1.22 bits per heavy atom. The molecular weight excluding hydrogens is 251 g/mol. The molecule has 0 saturated heterocycles. The van der Waals surface area contributed by atoms with Gasteiger partial charge in [-0.3, -0.25) is 4.98 Å². The van der Waals surface area contributed by atoms with Crippen LogP contribution in [0, 0.1) is 5.82 Å². The smallest absolute Gasteiger partial charge is 0.146 e. The van der Waals surface area contributed by atoms with Crippen molar-refractivity contribution in [2.75, 3.05) is 11.9 Å². The average Bonchev–Trinajstić information content (AvgIpc) is 2.39. The second kappa shape index (κ2) is 5.83. The summed E-state index contributed by atoms with van der Waals surface area (Å²) in [5, 5.41) is 0. The van der Waals surface area contributed by atoms with Gasteiger partial charge < -0.3 is 4.90 Å². The molecule has 1 aromatic carbocycles. The van der Waals surface area contributed by atoms with Crippen LogP contribution in [-0.4, -0.2) is 12.0 Å². The van der Waals surface area contributed by atoms with Crippen LogP contribution >= 0.6 is 11.6 Å². The highest BCUT2D eigenvalue weighted by molar-refractivity contribution is 6.17. The number of nitrogens with zero attached hydrogens (tertiary/aromatic N) is 2. The first-order valence-corrected chi connectivity index (χ1v) is 6.19.